The number of nitrogens with one attached hydrogen (secondary N) is 2. The summed E-state index contributed by atoms with van der Waals surface area (Å²) in [7, 11) is 0. The molecule has 4 nitrogen and oxygen atoms in total. The number of hydrogen-bond acceptors (Lipinski definition) is 5. The third-order valence-electron chi connectivity index (χ3n) is 5.08. The fraction of sp³-hybridized carbons (Fsp3) is 0.286. The lowest BCUT2D eigenvalue weighted by atomic mass is 9.72. The standard InChI is InChI=1S/C21H22ClN3OS/c22-16-9-7-15(8-10-16)21(12-4-13-21)25-20-24-19(26)18(27-20)11-14-23-17-5-2-1-3-6-17/h1-3,5-10,23,26H,4,11-14H2,(H,24,25). The fourth-order valence-corrected chi connectivity index (χ4v) is 4.51. The highest BCUT2D eigenvalue weighted by Gasteiger charge is 2.39. The summed E-state index contributed by atoms with van der Waals surface area (Å²) in [4.78, 5) is 5.25. The molecule has 0 bridgehead atoms. The van der Waals surface area contributed by atoms with Crippen molar-refractivity contribution in [1.82, 2.24) is 4.98 Å². The lowest BCUT2D eigenvalue weighted by molar-refractivity contribution is 0.284. The number of para-hydroxylation sites is 1. The molecule has 0 spiro atoms. The smallest absolute Gasteiger partial charge is 0.227 e. The summed E-state index contributed by atoms with van der Waals surface area (Å²) in [6, 6.07) is 18.1. The molecule has 0 amide bonds. The van der Waals surface area contributed by atoms with E-state index in [2.05, 4.69) is 27.8 Å². The van der Waals surface area contributed by atoms with Crippen LogP contribution in [-0.2, 0) is 12.0 Å². The predicted octanol–water partition coefficient (Wildman–Crippen LogP) is 5.65. The maximum atomic E-state index is 10.2. The van der Waals surface area contributed by atoms with Crippen LogP contribution in [0.1, 0.15) is 29.7 Å². The molecule has 0 unspecified atom stereocenters. The average Bonchev–Trinajstić information content (AvgIpc) is 2.99. The van der Waals surface area contributed by atoms with Gasteiger partial charge in [-0.3, -0.25) is 0 Å². The first-order valence-electron chi connectivity index (χ1n) is 9.16. The van der Waals surface area contributed by atoms with Crippen LogP contribution < -0.4 is 10.6 Å². The van der Waals surface area contributed by atoms with Crippen LogP contribution in [0.4, 0.5) is 10.8 Å². The Morgan fingerprint density at radius 3 is 2.48 bits per heavy atom. The van der Waals surface area contributed by atoms with E-state index in [1.807, 2.05) is 42.5 Å². The van der Waals surface area contributed by atoms with Crippen molar-refractivity contribution in [2.24, 2.45) is 0 Å². The number of nitrogens with zero attached hydrogens (tertiary/aromatic N) is 1. The number of anilines is 2. The molecule has 1 saturated carbocycles. The highest BCUT2D eigenvalue weighted by molar-refractivity contribution is 7.15. The summed E-state index contributed by atoms with van der Waals surface area (Å²) >= 11 is 7.56. The van der Waals surface area contributed by atoms with E-state index < -0.39 is 0 Å². The number of hydrogen-bond donors (Lipinski definition) is 3. The summed E-state index contributed by atoms with van der Waals surface area (Å²) in [5.41, 5.74) is 2.20. The van der Waals surface area contributed by atoms with Gasteiger partial charge in [-0.25, -0.2) is 0 Å². The van der Waals surface area contributed by atoms with Crippen LogP contribution in [0.5, 0.6) is 5.88 Å². The highest BCUT2D eigenvalue weighted by Crippen LogP contribution is 2.45. The van der Waals surface area contributed by atoms with Gasteiger partial charge in [0, 0.05) is 23.7 Å². The molecule has 2 aromatic carbocycles. The number of thiazole rings is 1. The van der Waals surface area contributed by atoms with Gasteiger partial charge in [-0.05, 0) is 49.1 Å². The van der Waals surface area contributed by atoms with Gasteiger partial charge in [0.15, 0.2) is 5.13 Å². The molecule has 1 aliphatic rings. The van der Waals surface area contributed by atoms with Crippen LogP contribution in [0.3, 0.4) is 0 Å². The van der Waals surface area contributed by atoms with Crippen molar-refractivity contribution in [2.75, 3.05) is 17.2 Å². The first-order valence-corrected chi connectivity index (χ1v) is 10.4. The first kappa shape index (κ1) is 18.1. The molecule has 0 radical (unpaired) electrons. The van der Waals surface area contributed by atoms with E-state index in [1.165, 1.54) is 23.3 Å². The highest BCUT2D eigenvalue weighted by atomic mass is 35.5. The zero-order chi connectivity index (χ0) is 18.7. The Morgan fingerprint density at radius 2 is 1.81 bits per heavy atom. The fourth-order valence-electron chi connectivity index (χ4n) is 3.43. The van der Waals surface area contributed by atoms with Crippen LogP contribution in [0, 0.1) is 0 Å². The minimum Gasteiger partial charge on any atom is -0.492 e. The van der Waals surface area contributed by atoms with Crippen molar-refractivity contribution in [2.45, 2.75) is 31.2 Å². The summed E-state index contributed by atoms with van der Waals surface area (Å²) in [6.45, 7) is 0.752. The molecular formula is C21H22ClN3OS. The summed E-state index contributed by atoms with van der Waals surface area (Å²) in [5, 5.41) is 18.7. The Morgan fingerprint density at radius 1 is 1.07 bits per heavy atom. The summed E-state index contributed by atoms with van der Waals surface area (Å²) < 4.78 is 0. The van der Waals surface area contributed by atoms with E-state index in [0.29, 0.717) is 0 Å². The third-order valence-corrected chi connectivity index (χ3v) is 6.35. The Hall–Kier alpha value is -2.24. The summed E-state index contributed by atoms with van der Waals surface area (Å²) in [5.74, 6) is 0.128. The van der Waals surface area contributed by atoms with Crippen LogP contribution in [-0.4, -0.2) is 16.6 Å². The SMILES string of the molecule is Oc1nc(NC2(c3ccc(Cl)cc3)CCC2)sc1CCNc1ccccc1. The second kappa shape index (κ2) is 7.79. The van der Waals surface area contributed by atoms with Crippen molar-refractivity contribution in [3.8, 4) is 5.88 Å². The van der Waals surface area contributed by atoms with Crippen molar-refractivity contribution in [3.63, 3.8) is 0 Å². The normalized spacial score (nSPS) is 15.1. The monoisotopic (exact) mass is 399 g/mol. The maximum absolute atomic E-state index is 10.2. The van der Waals surface area contributed by atoms with Gasteiger partial charge < -0.3 is 15.7 Å². The summed E-state index contributed by atoms with van der Waals surface area (Å²) in [6.07, 6.45) is 4.02. The van der Waals surface area contributed by atoms with E-state index in [0.717, 1.165) is 46.5 Å². The predicted molar refractivity (Wildman–Crippen MR) is 113 cm³/mol. The number of benzene rings is 2. The topological polar surface area (TPSA) is 57.2 Å². The zero-order valence-electron chi connectivity index (χ0n) is 14.9. The largest absolute Gasteiger partial charge is 0.492 e. The van der Waals surface area contributed by atoms with Gasteiger partial charge in [0.05, 0.1) is 10.4 Å². The zero-order valence-corrected chi connectivity index (χ0v) is 16.5. The Labute approximate surface area is 168 Å². The molecule has 1 fully saturated rings. The number of aromatic hydroxyl groups is 1. The van der Waals surface area contributed by atoms with Crippen LogP contribution in [0.15, 0.2) is 54.6 Å². The van der Waals surface area contributed by atoms with Crippen molar-refractivity contribution >= 4 is 33.8 Å². The lowest BCUT2D eigenvalue weighted by Crippen LogP contribution is -2.41. The molecular weight excluding hydrogens is 378 g/mol. The Kier molecular flexibility index (Phi) is 5.23. The number of aromatic nitrogens is 1. The molecule has 140 valence electrons. The second-order valence-electron chi connectivity index (χ2n) is 6.88. The molecule has 1 aliphatic carbocycles. The van der Waals surface area contributed by atoms with Crippen LogP contribution in [0.25, 0.3) is 0 Å². The molecule has 27 heavy (non-hydrogen) atoms. The molecule has 6 heteroatoms. The van der Waals surface area contributed by atoms with Gasteiger partial charge in [-0.1, -0.05) is 53.3 Å². The van der Waals surface area contributed by atoms with E-state index >= 15 is 0 Å². The number of halogens is 1. The lowest BCUT2D eigenvalue weighted by Gasteiger charge is -2.43. The molecule has 0 atom stereocenters. The Balaban J connectivity index is 1.42. The van der Waals surface area contributed by atoms with Crippen LogP contribution in [0.2, 0.25) is 5.02 Å². The van der Waals surface area contributed by atoms with E-state index in [4.69, 9.17) is 11.6 Å². The van der Waals surface area contributed by atoms with Crippen molar-refractivity contribution in [1.29, 1.82) is 0 Å². The molecule has 1 heterocycles. The molecule has 0 aliphatic heterocycles. The third kappa shape index (κ3) is 4.04. The van der Waals surface area contributed by atoms with Gasteiger partial charge in [-0.2, -0.15) is 4.98 Å². The minimum absolute atomic E-state index is 0.103. The van der Waals surface area contributed by atoms with Gasteiger partial charge in [0.1, 0.15) is 0 Å². The van der Waals surface area contributed by atoms with Crippen LogP contribution >= 0.6 is 22.9 Å². The number of rotatable bonds is 7. The molecule has 3 N–H and O–H groups in total. The second-order valence-corrected chi connectivity index (χ2v) is 8.40. The van der Waals surface area contributed by atoms with Gasteiger partial charge in [0.2, 0.25) is 5.88 Å². The van der Waals surface area contributed by atoms with E-state index in [9.17, 15) is 5.11 Å². The van der Waals surface area contributed by atoms with E-state index in [-0.39, 0.29) is 11.4 Å². The maximum Gasteiger partial charge on any atom is 0.227 e. The molecule has 4 rings (SSSR count). The Bertz CT molecular complexity index is 892. The van der Waals surface area contributed by atoms with Crippen molar-refractivity contribution < 1.29 is 5.11 Å². The minimum atomic E-state index is -0.103. The average molecular weight is 400 g/mol. The van der Waals surface area contributed by atoms with Gasteiger partial charge >= 0.3 is 0 Å². The molecule has 1 aromatic heterocycles. The first-order chi connectivity index (χ1) is 13.1. The van der Waals surface area contributed by atoms with Gasteiger partial charge in [0.25, 0.3) is 0 Å². The molecule has 0 saturated heterocycles. The van der Waals surface area contributed by atoms with Crippen molar-refractivity contribution in [3.05, 3.63) is 70.1 Å². The quantitative estimate of drug-likeness (QED) is 0.480. The molecule has 3 aromatic rings. The van der Waals surface area contributed by atoms with Gasteiger partial charge in [-0.15, -0.1) is 0 Å². The van der Waals surface area contributed by atoms with E-state index in [1.54, 1.807) is 0 Å².